The number of rotatable bonds is 1. The molecule has 16 heavy (non-hydrogen) atoms. The zero-order valence-corrected chi connectivity index (χ0v) is 9.92. The second-order valence-corrected chi connectivity index (χ2v) is 4.66. The van der Waals surface area contributed by atoms with Crippen molar-refractivity contribution in [3.63, 3.8) is 0 Å². The number of aryl methyl sites for hydroxylation is 1. The number of aromatic nitrogens is 3. The average Bonchev–Trinajstić information content (AvgIpc) is 2.82. The summed E-state index contributed by atoms with van der Waals surface area (Å²) in [7, 11) is 0. The summed E-state index contributed by atoms with van der Waals surface area (Å²) in [5, 5.41) is 7.03. The van der Waals surface area contributed by atoms with Crippen molar-refractivity contribution < 1.29 is 0 Å². The van der Waals surface area contributed by atoms with Crippen molar-refractivity contribution in [2.45, 2.75) is 25.8 Å². The van der Waals surface area contributed by atoms with Crippen LogP contribution in [0.4, 0.5) is 0 Å². The maximum Gasteiger partial charge on any atom is 0.195 e. The number of benzene rings is 1. The molecule has 0 atom stereocenters. The lowest BCUT2D eigenvalue weighted by molar-refractivity contribution is 0.510. The second-order valence-electron chi connectivity index (χ2n) is 4.28. The van der Waals surface area contributed by atoms with Crippen molar-refractivity contribution in [2.75, 3.05) is 0 Å². The third-order valence-electron chi connectivity index (χ3n) is 3.28. The Balaban J connectivity index is 2.00. The molecule has 1 heterocycles. The smallest absolute Gasteiger partial charge is 0.195 e. The summed E-state index contributed by atoms with van der Waals surface area (Å²) < 4.78 is 2.87. The van der Waals surface area contributed by atoms with Crippen LogP contribution in [0.1, 0.15) is 23.0 Å². The van der Waals surface area contributed by atoms with Gasteiger partial charge >= 0.3 is 0 Å². The molecule has 82 valence electrons. The van der Waals surface area contributed by atoms with Gasteiger partial charge in [-0.05, 0) is 43.1 Å². The first-order valence-electron chi connectivity index (χ1n) is 5.46. The van der Waals surface area contributed by atoms with Crippen molar-refractivity contribution in [1.29, 1.82) is 0 Å². The highest BCUT2D eigenvalue weighted by Gasteiger charge is 2.24. The first-order valence-corrected chi connectivity index (χ1v) is 5.87. The lowest BCUT2D eigenvalue weighted by Crippen LogP contribution is -2.10. The van der Waals surface area contributed by atoms with E-state index < -0.39 is 0 Å². The number of nitrogens with one attached hydrogen (secondary N) is 1. The largest absolute Gasteiger partial charge is 0.301 e. The lowest BCUT2D eigenvalue weighted by Gasteiger charge is -2.11. The van der Waals surface area contributed by atoms with Crippen LogP contribution in [-0.2, 0) is 12.8 Å². The van der Waals surface area contributed by atoms with Crippen LogP contribution >= 0.6 is 12.2 Å². The normalized spacial score (nSPS) is 15.3. The fourth-order valence-corrected chi connectivity index (χ4v) is 2.86. The molecule has 1 aliphatic carbocycles. The molecule has 4 heteroatoms. The van der Waals surface area contributed by atoms with Crippen molar-refractivity contribution in [3.05, 3.63) is 46.0 Å². The van der Waals surface area contributed by atoms with Crippen LogP contribution in [0, 0.1) is 11.7 Å². The number of H-pyrrole nitrogens is 1. The van der Waals surface area contributed by atoms with Crippen molar-refractivity contribution in [1.82, 2.24) is 14.8 Å². The molecule has 0 aliphatic heterocycles. The van der Waals surface area contributed by atoms with E-state index in [1.807, 2.05) is 6.92 Å². The van der Waals surface area contributed by atoms with Gasteiger partial charge in [0.25, 0.3) is 0 Å². The van der Waals surface area contributed by atoms with E-state index in [1.54, 1.807) is 0 Å². The molecule has 3 nitrogen and oxygen atoms in total. The van der Waals surface area contributed by atoms with Crippen LogP contribution in [0.3, 0.4) is 0 Å². The minimum absolute atomic E-state index is 0.434. The number of hydrogen-bond donors (Lipinski definition) is 1. The molecule has 0 spiro atoms. The molecule has 0 fully saturated rings. The van der Waals surface area contributed by atoms with Crippen molar-refractivity contribution in [2.24, 2.45) is 0 Å². The van der Waals surface area contributed by atoms with Gasteiger partial charge in [-0.15, -0.1) is 0 Å². The number of fused-ring (bicyclic) bond motifs is 1. The van der Waals surface area contributed by atoms with Gasteiger partial charge in [-0.1, -0.05) is 24.3 Å². The summed E-state index contributed by atoms with van der Waals surface area (Å²) in [4.78, 5) is 0. The molecule has 0 amide bonds. The Morgan fingerprint density at radius 1 is 1.31 bits per heavy atom. The molecule has 2 aromatic rings. The van der Waals surface area contributed by atoms with E-state index >= 15 is 0 Å². The summed E-state index contributed by atoms with van der Waals surface area (Å²) in [6.45, 7) is 2.00. The standard InChI is InChI=1S/C12H13N3S/c1-8-13-14-12(16)15(8)11-6-9-4-2-3-5-10(9)7-11/h2-5,11H,6-7H2,1H3,(H,14,16). The molecule has 1 aliphatic rings. The molecular weight excluding hydrogens is 218 g/mol. The van der Waals surface area contributed by atoms with Crippen molar-refractivity contribution >= 4 is 12.2 Å². The topological polar surface area (TPSA) is 33.6 Å². The van der Waals surface area contributed by atoms with Crippen LogP contribution in [0.15, 0.2) is 24.3 Å². The molecule has 0 saturated carbocycles. The van der Waals surface area contributed by atoms with Gasteiger partial charge < -0.3 is 4.57 Å². The summed E-state index contributed by atoms with van der Waals surface area (Å²) in [5.41, 5.74) is 2.88. The van der Waals surface area contributed by atoms with E-state index in [4.69, 9.17) is 12.2 Å². The van der Waals surface area contributed by atoms with E-state index in [1.165, 1.54) is 11.1 Å². The number of aromatic amines is 1. The van der Waals surface area contributed by atoms with Crippen molar-refractivity contribution in [3.8, 4) is 0 Å². The Hall–Kier alpha value is -1.42. The first-order chi connectivity index (χ1) is 7.75. The Labute approximate surface area is 99.1 Å². The maximum atomic E-state index is 5.27. The molecule has 1 aromatic carbocycles. The fourth-order valence-electron chi connectivity index (χ4n) is 2.53. The molecule has 0 bridgehead atoms. The molecule has 0 radical (unpaired) electrons. The minimum atomic E-state index is 0.434. The Morgan fingerprint density at radius 3 is 2.44 bits per heavy atom. The van der Waals surface area contributed by atoms with Crippen LogP contribution in [0.25, 0.3) is 0 Å². The lowest BCUT2D eigenvalue weighted by atomic mass is 10.1. The van der Waals surface area contributed by atoms with Gasteiger partial charge in [-0.3, -0.25) is 5.10 Å². The maximum absolute atomic E-state index is 5.27. The second kappa shape index (κ2) is 3.56. The average molecular weight is 231 g/mol. The van der Waals surface area contributed by atoms with Crippen LogP contribution < -0.4 is 0 Å². The van der Waals surface area contributed by atoms with E-state index in [0.717, 1.165) is 23.4 Å². The predicted octanol–water partition coefficient (Wildman–Crippen LogP) is 2.59. The molecule has 1 N–H and O–H groups in total. The van der Waals surface area contributed by atoms with E-state index in [9.17, 15) is 0 Å². The third kappa shape index (κ3) is 1.41. The monoisotopic (exact) mass is 231 g/mol. The van der Waals surface area contributed by atoms with Gasteiger partial charge in [-0.25, -0.2) is 0 Å². The summed E-state index contributed by atoms with van der Waals surface area (Å²) >= 11 is 5.27. The SMILES string of the molecule is Cc1n[nH]c(=S)n1C1Cc2ccccc2C1. The van der Waals surface area contributed by atoms with E-state index in [0.29, 0.717) is 6.04 Å². The Morgan fingerprint density at radius 2 is 1.94 bits per heavy atom. The minimum Gasteiger partial charge on any atom is -0.301 e. The van der Waals surface area contributed by atoms with Crippen LogP contribution in [0.5, 0.6) is 0 Å². The highest BCUT2D eigenvalue weighted by Crippen LogP contribution is 2.30. The molecule has 0 saturated heterocycles. The van der Waals surface area contributed by atoms with Gasteiger partial charge in [0.15, 0.2) is 4.77 Å². The first kappa shape index (κ1) is 9.78. The van der Waals surface area contributed by atoms with Crippen LogP contribution in [0.2, 0.25) is 0 Å². The molecular formula is C12H13N3S. The summed E-state index contributed by atoms with van der Waals surface area (Å²) in [5.74, 6) is 0.975. The fraction of sp³-hybridized carbons (Fsp3) is 0.333. The highest BCUT2D eigenvalue weighted by atomic mass is 32.1. The van der Waals surface area contributed by atoms with Crippen LogP contribution in [-0.4, -0.2) is 14.8 Å². The number of nitrogens with zero attached hydrogens (tertiary/aromatic N) is 2. The third-order valence-corrected chi connectivity index (χ3v) is 3.56. The number of hydrogen-bond acceptors (Lipinski definition) is 2. The van der Waals surface area contributed by atoms with E-state index in [2.05, 4.69) is 39.0 Å². The molecule has 3 rings (SSSR count). The molecule has 0 unspecified atom stereocenters. The van der Waals surface area contributed by atoms with Gasteiger partial charge in [0.2, 0.25) is 0 Å². The highest BCUT2D eigenvalue weighted by molar-refractivity contribution is 7.71. The zero-order chi connectivity index (χ0) is 11.1. The quantitative estimate of drug-likeness (QED) is 0.765. The van der Waals surface area contributed by atoms with E-state index in [-0.39, 0.29) is 0 Å². The molecule has 1 aromatic heterocycles. The van der Waals surface area contributed by atoms with Gasteiger partial charge in [0.1, 0.15) is 5.82 Å². The van der Waals surface area contributed by atoms with Gasteiger partial charge in [0.05, 0.1) is 0 Å². The van der Waals surface area contributed by atoms with Gasteiger partial charge in [0, 0.05) is 6.04 Å². The van der Waals surface area contributed by atoms with Gasteiger partial charge in [-0.2, -0.15) is 5.10 Å². The summed E-state index contributed by atoms with van der Waals surface area (Å²) in [6, 6.07) is 9.04. The Kier molecular flexibility index (Phi) is 2.17. The zero-order valence-electron chi connectivity index (χ0n) is 9.10. The predicted molar refractivity (Wildman–Crippen MR) is 65.0 cm³/mol. The Bertz CT molecular complexity index is 557. The summed E-state index contributed by atoms with van der Waals surface area (Å²) in [6.07, 6.45) is 2.12.